The maximum atomic E-state index is 13.6. The van der Waals surface area contributed by atoms with Gasteiger partial charge in [-0.3, -0.25) is 9.52 Å². The zero-order valence-corrected chi connectivity index (χ0v) is 15.6. The molecule has 0 spiro atoms. The first-order chi connectivity index (χ1) is 12.3. The number of nitrogens with one attached hydrogen (secondary N) is 2. The highest BCUT2D eigenvalue weighted by Crippen LogP contribution is 2.27. The van der Waals surface area contributed by atoms with Gasteiger partial charge in [-0.2, -0.15) is 0 Å². The molecule has 0 saturated heterocycles. The summed E-state index contributed by atoms with van der Waals surface area (Å²) in [6, 6.07) is 8.57. The van der Waals surface area contributed by atoms with Crippen molar-refractivity contribution in [1.29, 1.82) is 0 Å². The summed E-state index contributed by atoms with van der Waals surface area (Å²) in [5.74, 6) is -0.903. The first-order valence-electron chi connectivity index (χ1n) is 8.10. The fourth-order valence-electron chi connectivity index (χ4n) is 2.25. The van der Waals surface area contributed by atoms with Crippen LogP contribution < -0.4 is 14.8 Å². The summed E-state index contributed by atoms with van der Waals surface area (Å²) >= 11 is 0. The highest BCUT2D eigenvalue weighted by molar-refractivity contribution is 7.92. The summed E-state index contributed by atoms with van der Waals surface area (Å²) in [5, 5.41) is 2.59. The maximum absolute atomic E-state index is 13.6. The Morgan fingerprint density at radius 1 is 1.12 bits per heavy atom. The molecule has 0 aliphatic heterocycles. The molecule has 2 aromatic carbocycles. The summed E-state index contributed by atoms with van der Waals surface area (Å²) in [6.07, 6.45) is 0. The fraction of sp³-hybridized carbons (Fsp3) is 0.278. The number of carbonyl (C=O) groups is 1. The third-order valence-corrected chi connectivity index (χ3v) is 4.85. The molecule has 0 radical (unpaired) electrons. The van der Waals surface area contributed by atoms with E-state index in [9.17, 15) is 17.6 Å². The second-order valence-corrected chi connectivity index (χ2v) is 7.59. The van der Waals surface area contributed by atoms with Gasteiger partial charge in [0.2, 0.25) is 10.0 Å². The van der Waals surface area contributed by atoms with E-state index in [2.05, 4.69) is 10.0 Å². The topological polar surface area (TPSA) is 84.5 Å². The lowest BCUT2D eigenvalue weighted by atomic mass is 10.1. The van der Waals surface area contributed by atoms with Gasteiger partial charge in [-0.1, -0.05) is 11.6 Å². The zero-order chi connectivity index (χ0) is 19.3. The van der Waals surface area contributed by atoms with Crippen molar-refractivity contribution in [1.82, 2.24) is 0 Å². The molecule has 0 aliphatic rings. The first-order valence-corrected chi connectivity index (χ1v) is 9.75. The van der Waals surface area contributed by atoms with Crippen molar-refractivity contribution < 1.29 is 22.3 Å². The van der Waals surface area contributed by atoms with Crippen LogP contribution in [0.5, 0.6) is 5.75 Å². The number of hydrogen-bond donors (Lipinski definition) is 2. The number of aryl methyl sites for hydroxylation is 1. The van der Waals surface area contributed by atoms with Crippen LogP contribution in [0.25, 0.3) is 0 Å². The Bertz CT molecular complexity index is 913. The molecule has 0 atom stereocenters. The Balaban J connectivity index is 2.38. The Kier molecular flexibility index (Phi) is 6.20. The number of anilines is 2. The third-order valence-electron chi connectivity index (χ3n) is 3.55. The van der Waals surface area contributed by atoms with Gasteiger partial charge in [0.05, 0.1) is 29.3 Å². The van der Waals surface area contributed by atoms with E-state index in [-0.39, 0.29) is 22.7 Å². The van der Waals surface area contributed by atoms with Crippen molar-refractivity contribution in [3.8, 4) is 5.75 Å². The van der Waals surface area contributed by atoms with E-state index in [1.165, 1.54) is 25.1 Å². The van der Waals surface area contributed by atoms with Crippen molar-refractivity contribution in [3.63, 3.8) is 0 Å². The minimum absolute atomic E-state index is 0.125. The lowest BCUT2D eigenvalue weighted by molar-refractivity contribution is 0.102. The molecule has 0 bridgehead atoms. The van der Waals surface area contributed by atoms with Crippen LogP contribution in [0.1, 0.15) is 29.8 Å². The van der Waals surface area contributed by atoms with E-state index in [4.69, 9.17) is 4.74 Å². The van der Waals surface area contributed by atoms with E-state index in [1.54, 1.807) is 26.0 Å². The molecular formula is C18H21FN2O4S. The van der Waals surface area contributed by atoms with E-state index in [1.807, 2.05) is 0 Å². The van der Waals surface area contributed by atoms with Crippen LogP contribution in [0.15, 0.2) is 36.4 Å². The molecule has 0 heterocycles. The molecule has 0 fully saturated rings. The number of ether oxygens (including phenoxy) is 1. The monoisotopic (exact) mass is 380 g/mol. The molecule has 0 unspecified atom stereocenters. The van der Waals surface area contributed by atoms with Gasteiger partial charge in [0.1, 0.15) is 11.6 Å². The smallest absolute Gasteiger partial charge is 0.257 e. The number of rotatable bonds is 7. The molecule has 0 aromatic heterocycles. The van der Waals surface area contributed by atoms with Gasteiger partial charge in [-0.05, 0) is 45.0 Å². The highest BCUT2D eigenvalue weighted by atomic mass is 32.2. The van der Waals surface area contributed by atoms with E-state index < -0.39 is 21.7 Å². The zero-order valence-electron chi connectivity index (χ0n) is 14.8. The van der Waals surface area contributed by atoms with Crippen LogP contribution >= 0.6 is 0 Å². The standard InChI is InChI=1S/C18H21FN2O4S/c1-4-25-17-9-7-13(19)11-16(17)20-18(22)14-10-12(3)6-8-15(14)21-26(23,24)5-2/h6-11,21H,4-5H2,1-3H3,(H,20,22). The minimum Gasteiger partial charge on any atom is -0.492 e. The van der Waals surface area contributed by atoms with Crippen LogP contribution in [-0.2, 0) is 10.0 Å². The molecule has 2 aromatic rings. The van der Waals surface area contributed by atoms with Crippen LogP contribution in [0.4, 0.5) is 15.8 Å². The van der Waals surface area contributed by atoms with Crippen LogP contribution in [-0.4, -0.2) is 26.7 Å². The average Bonchev–Trinajstić information content (AvgIpc) is 2.59. The molecule has 8 heteroatoms. The van der Waals surface area contributed by atoms with Gasteiger partial charge < -0.3 is 10.1 Å². The second-order valence-electron chi connectivity index (χ2n) is 5.58. The summed E-state index contributed by atoms with van der Waals surface area (Å²) in [5.41, 5.74) is 1.24. The largest absolute Gasteiger partial charge is 0.492 e. The van der Waals surface area contributed by atoms with Gasteiger partial charge in [-0.15, -0.1) is 0 Å². The average molecular weight is 380 g/mol. The molecule has 0 saturated carbocycles. The molecule has 2 N–H and O–H groups in total. The predicted octanol–water partition coefficient (Wildman–Crippen LogP) is 3.55. The molecule has 6 nitrogen and oxygen atoms in total. The minimum atomic E-state index is -3.55. The second kappa shape index (κ2) is 8.18. The van der Waals surface area contributed by atoms with Crippen LogP contribution in [0, 0.1) is 12.7 Å². The Hall–Kier alpha value is -2.61. The van der Waals surface area contributed by atoms with Crippen LogP contribution in [0.3, 0.4) is 0 Å². The maximum Gasteiger partial charge on any atom is 0.257 e. The predicted molar refractivity (Wildman–Crippen MR) is 99.8 cm³/mol. The number of carbonyl (C=O) groups excluding carboxylic acids is 1. The van der Waals surface area contributed by atoms with Gasteiger partial charge >= 0.3 is 0 Å². The first kappa shape index (κ1) is 19.7. The van der Waals surface area contributed by atoms with E-state index >= 15 is 0 Å². The van der Waals surface area contributed by atoms with Crippen molar-refractivity contribution in [2.75, 3.05) is 22.4 Å². The summed E-state index contributed by atoms with van der Waals surface area (Å²) < 4.78 is 45.0. The Labute approximate surface area is 152 Å². The number of sulfonamides is 1. The molecular weight excluding hydrogens is 359 g/mol. The fourth-order valence-corrected chi connectivity index (χ4v) is 2.90. The van der Waals surface area contributed by atoms with Crippen molar-refractivity contribution >= 4 is 27.3 Å². The van der Waals surface area contributed by atoms with Gasteiger partial charge in [0, 0.05) is 6.07 Å². The molecule has 1 amide bonds. The molecule has 26 heavy (non-hydrogen) atoms. The highest BCUT2D eigenvalue weighted by Gasteiger charge is 2.18. The molecule has 0 aliphatic carbocycles. The van der Waals surface area contributed by atoms with Crippen LogP contribution in [0.2, 0.25) is 0 Å². The lowest BCUT2D eigenvalue weighted by Crippen LogP contribution is -2.20. The van der Waals surface area contributed by atoms with E-state index in [0.717, 1.165) is 11.6 Å². The van der Waals surface area contributed by atoms with Crippen molar-refractivity contribution in [2.24, 2.45) is 0 Å². The Morgan fingerprint density at radius 3 is 2.50 bits per heavy atom. The van der Waals surface area contributed by atoms with Gasteiger partial charge in [0.15, 0.2) is 0 Å². The number of amides is 1. The summed E-state index contributed by atoms with van der Waals surface area (Å²) in [4.78, 5) is 12.7. The number of halogens is 1. The van der Waals surface area contributed by atoms with Crippen molar-refractivity contribution in [3.05, 3.63) is 53.3 Å². The van der Waals surface area contributed by atoms with Gasteiger partial charge in [0.25, 0.3) is 5.91 Å². The van der Waals surface area contributed by atoms with Crippen molar-refractivity contribution in [2.45, 2.75) is 20.8 Å². The third kappa shape index (κ3) is 4.95. The molecule has 2 rings (SSSR count). The quantitative estimate of drug-likeness (QED) is 0.769. The summed E-state index contributed by atoms with van der Waals surface area (Å²) in [6.45, 7) is 5.40. The number of benzene rings is 2. The summed E-state index contributed by atoms with van der Waals surface area (Å²) in [7, 11) is -3.55. The van der Waals surface area contributed by atoms with Gasteiger partial charge in [-0.25, -0.2) is 12.8 Å². The normalized spacial score (nSPS) is 11.1. The SMILES string of the molecule is CCOc1ccc(F)cc1NC(=O)c1cc(C)ccc1NS(=O)(=O)CC. The number of hydrogen-bond acceptors (Lipinski definition) is 4. The Morgan fingerprint density at radius 2 is 1.85 bits per heavy atom. The lowest BCUT2D eigenvalue weighted by Gasteiger charge is -2.15. The molecule has 140 valence electrons. The van der Waals surface area contributed by atoms with E-state index in [0.29, 0.717) is 12.4 Å².